The van der Waals surface area contributed by atoms with E-state index in [4.69, 9.17) is 4.42 Å². The first-order valence-electron chi connectivity index (χ1n) is 7.96. The van der Waals surface area contributed by atoms with Crippen LogP contribution in [0.1, 0.15) is 31.3 Å². The van der Waals surface area contributed by atoms with E-state index in [0.29, 0.717) is 17.1 Å². The summed E-state index contributed by atoms with van der Waals surface area (Å²) < 4.78 is 7.18. The van der Waals surface area contributed by atoms with Crippen LogP contribution in [-0.4, -0.2) is 20.6 Å². The molecular formula is C18H18N4O4. The van der Waals surface area contributed by atoms with Gasteiger partial charge in [0.15, 0.2) is 11.5 Å². The van der Waals surface area contributed by atoms with Gasteiger partial charge in [-0.05, 0) is 45.0 Å². The van der Waals surface area contributed by atoms with Crippen molar-refractivity contribution >= 4 is 17.3 Å². The third-order valence-corrected chi connectivity index (χ3v) is 3.69. The van der Waals surface area contributed by atoms with E-state index in [-0.39, 0.29) is 16.9 Å². The lowest BCUT2D eigenvalue weighted by atomic mass is 10.1. The van der Waals surface area contributed by atoms with Crippen LogP contribution in [0.25, 0.3) is 11.5 Å². The second-order valence-electron chi connectivity index (χ2n) is 6.73. The lowest BCUT2D eigenvalue weighted by Gasteiger charge is -2.21. The van der Waals surface area contributed by atoms with Crippen LogP contribution in [0.3, 0.4) is 0 Å². The number of nitro groups is 1. The summed E-state index contributed by atoms with van der Waals surface area (Å²) in [7, 11) is 0. The SMILES string of the molecule is CC(C)(C)n1nc(C(=O)Nc2ccc([N+](=O)[O-])cc2)cc1-c1ccco1. The molecule has 0 aliphatic rings. The van der Waals surface area contributed by atoms with Crippen LogP contribution in [0, 0.1) is 10.1 Å². The summed E-state index contributed by atoms with van der Waals surface area (Å²) in [6.07, 6.45) is 1.56. The molecule has 2 aromatic heterocycles. The van der Waals surface area contributed by atoms with Crippen LogP contribution in [-0.2, 0) is 5.54 Å². The molecule has 0 aliphatic heterocycles. The maximum Gasteiger partial charge on any atom is 0.276 e. The fourth-order valence-electron chi connectivity index (χ4n) is 2.46. The Balaban J connectivity index is 1.89. The fourth-order valence-corrected chi connectivity index (χ4v) is 2.46. The average Bonchev–Trinajstić information content (AvgIpc) is 3.24. The summed E-state index contributed by atoms with van der Waals surface area (Å²) in [6.45, 7) is 5.93. The molecule has 1 aromatic carbocycles. The molecule has 0 saturated heterocycles. The van der Waals surface area contributed by atoms with Gasteiger partial charge in [-0.15, -0.1) is 0 Å². The molecule has 1 N–H and O–H groups in total. The number of carbonyl (C=O) groups is 1. The Bertz CT molecular complexity index is 935. The van der Waals surface area contributed by atoms with Gasteiger partial charge in [-0.2, -0.15) is 5.10 Å². The average molecular weight is 354 g/mol. The fraction of sp³-hybridized carbons (Fsp3) is 0.222. The van der Waals surface area contributed by atoms with Crippen LogP contribution in [0.15, 0.2) is 53.1 Å². The monoisotopic (exact) mass is 354 g/mol. The zero-order chi connectivity index (χ0) is 18.9. The van der Waals surface area contributed by atoms with E-state index in [2.05, 4.69) is 10.4 Å². The third kappa shape index (κ3) is 3.49. The molecule has 0 spiro atoms. The zero-order valence-electron chi connectivity index (χ0n) is 14.6. The molecule has 134 valence electrons. The predicted octanol–water partition coefficient (Wildman–Crippen LogP) is 4.06. The van der Waals surface area contributed by atoms with Gasteiger partial charge in [-0.3, -0.25) is 19.6 Å². The van der Waals surface area contributed by atoms with Crippen molar-refractivity contribution in [1.82, 2.24) is 9.78 Å². The Labute approximate surface area is 149 Å². The Morgan fingerprint density at radius 1 is 1.23 bits per heavy atom. The smallest absolute Gasteiger partial charge is 0.276 e. The summed E-state index contributed by atoms with van der Waals surface area (Å²) >= 11 is 0. The number of aromatic nitrogens is 2. The minimum Gasteiger partial charge on any atom is -0.463 e. The quantitative estimate of drug-likeness (QED) is 0.562. The third-order valence-electron chi connectivity index (χ3n) is 3.69. The van der Waals surface area contributed by atoms with Gasteiger partial charge in [0.2, 0.25) is 0 Å². The Hall–Kier alpha value is -3.42. The highest BCUT2D eigenvalue weighted by Gasteiger charge is 2.24. The normalized spacial score (nSPS) is 11.3. The first-order chi connectivity index (χ1) is 12.3. The second-order valence-corrected chi connectivity index (χ2v) is 6.73. The summed E-state index contributed by atoms with van der Waals surface area (Å²) in [5.74, 6) is 0.205. The minimum atomic E-state index is -0.494. The topological polar surface area (TPSA) is 103 Å². The van der Waals surface area contributed by atoms with Gasteiger partial charge < -0.3 is 9.73 Å². The number of furan rings is 1. The zero-order valence-corrected chi connectivity index (χ0v) is 14.6. The van der Waals surface area contributed by atoms with Crippen LogP contribution in [0.2, 0.25) is 0 Å². The lowest BCUT2D eigenvalue weighted by molar-refractivity contribution is -0.384. The van der Waals surface area contributed by atoms with E-state index in [1.807, 2.05) is 20.8 Å². The molecule has 1 amide bonds. The van der Waals surface area contributed by atoms with E-state index in [1.165, 1.54) is 24.3 Å². The Morgan fingerprint density at radius 2 is 1.92 bits per heavy atom. The first-order valence-corrected chi connectivity index (χ1v) is 7.96. The number of non-ortho nitro benzene ring substituents is 1. The van der Waals surface area contributed by atoms with Gasteiger partial charge in [-0.25, -0.2) is 0 Å². The van der Waals surface area contributed by atoms with Crippen molar-refractivity contribution in [3.8, 4) is 11.5 Å². The largest absolute Gasteiger partial charge is 0.463 e. The molecular weight excluding hydrogens is 336 g/mol. The molecule has 0 saturated carbocycles. The lowest BCUT2D eigenvalue weighted by Crippen LogP contribution is -2.25. The number of rotatable bonds is 4. The molecule has 0 atom stereocenters. The van der Waals surface area contributed by atoms with Gasteiger partial charge in [0.1, 0.15) is 5.69 Å². The van der Waals surface area contributed by atoms with E-state index >= 15 is 0 Å². The van der Waals surface area contributed by atoms with Gasteiger partial charge in [-0.1, -0.05) is 0 Å². The standard InChI is InChI=1S/C18H18N4O4/c1-18(2,3)21-15(16-5-4-10-26-16)11-14(20-21)17(23)19-12-6-8-13(9-7-12)22(24)25/h4-11H,1-3H3,(H,19,23). The van der Waals surface area contributed by atoms with E-state index in [1.54, 1.807) is 29.1 Å². The maximum absolute atomic E-state index is 12.5. The van der Waals surface area contributed by atoms with Crippen molar-refractivity contribution < 1.29 is 14.1 Å². The predicted molar refractivity (Wildman–Crippen MR) is 96.0 cm³/mol. The number of nitrogens with one attached hydrogen (secondary N) is 1. The number of benzene rings is 1. The number of nitro benzene ring substituents is 1. The summed E-state index contributed by atoms with van der Waals surface area (Å²) in [6, 6.07) is 10.8. The van der Waals surface area contributed by atoms with Crippen molar-refractivity contribution in [2.75, 3.05) is 5.32 Å². The van der Waals surface area contributed by atoms with Gasteiger partial charge in [0.05, 0.1) is 16.7 Å². The maximum atomic E-state index is 12.5. The number of nitrogens with zero attached hydrogens (tertiary/aromatic N) is 3. The highest BCUT2D eigenvalue weighted by atomic mass is 16.6. The molecule has 0 bridgehead atoms. The van der Waals surface area contributed by atoms with E-state index in [9.17, 15) is 14.9 Å². The number of amides is 1. The van der Waals surface area contributed by atoms with Gasteiger partial charge >= 0.3 is 0 Å². The van der Waals surface area contributed by atoms with Crippen molar-refractivity contribution in [1.29, 1.82) is 0 Å². The molecule has 26 heavy (non-hydrogen) atoms. The molecule has 8 nitrogen and oxygen atoms in total. The minimum absolute atomic E-state index is 0.0416. The molecule has 0 radical (unpaired) electrons. The number of hydrogen-bond acceptors (Lipinski definition) is 5. The Morgan fingerprint density at radius 3 is 2.46 bits per heavy atom. The number of carbonyl (C=O) groups excluding carboxylic acids is 1. The van der Waals surface area contributed by atoms with Gasteiger partial charge in [0.25, 0.3) is 11.6 Å². The van der Waals surface area contributed by atoms with Crippen molar-refractivity contribution in [2.45, 2.75) is 26.3 Å². The summed E-state index contributed by atoms with van der Waals surface area (Å²) in [5, 5.41) is 17.8. The molecule has 2 heterocycles. The Kier molecular flexibility index (Phi) is 4.33. The van der Waals surface area contributed by atoms with Crippen LogP contribution < -0.4 is 5.32 Å². The van der Waals surface area contributed by atoms with Crippen LogP contribution >= 0.6 is 0 Å². The highest BCUT2D eigenvalue weighted by Crippen LogP contribution is 2.27. The number of hydrogen-bond donors (Lipinski definition) is 1. The summed E-state index contributed by atoms with van der Waals surface area (Å²) in [5.41, 5.74) is 0.972. The van der Waals surface area contributed by atoms with Crippen LogP contribution in [0.5, 0.6) is 0 Å². The van der Waals surface area contributed by atoms with Crippen molar-refractivity contribution in [2.24, 2.45) is 0 Å². The molecule has 0 fully saturated rings. The molecule has 0 aliphatic carbocycles. The van der Waals surface area contributed by atoms with Crippen molar-refractivity contribution in [3.63, 3.8) is 0 Å². The molecule has 8 heteroatoms. The van der Waals surface area contributed by atoms with E-state index in [0.717, 1.165) is 0 Å². The molecule has 0 unspecified atom stereocenters. The second kappa shape index (κ2) is 6.47. The number of anilines is 1. The van der Waals surface area contributed by atoms with Gasteiger partial charge in [0, 0.05) is 23.9 Å². The van der Waals surface area contributed by atoms with E-state index < -0.39 is 10.8 Å². The summed E-state index contributed by atoms with van der Waals surface area (Å²) in [4.78, 5) is 22.7. The van der Waals surface area contributed by atoms with Crippen molar-refractivity contribution in [3.05, 3.63) is 64.5 Å². The highest BCUT2D eigenvalue weighted by molar-refractivity contribution is 6.03. The molecule has 3 rings (SSSR count). The molecule has 3 aromatic rings. The first kappa shape index (κ1) is 17.4. The van der Waals surface area contributed by atoms with Crippen LogP contribution in [0.4, 0.5) is 11.4 Å².